The van der Waals surface area contributed by atoms with Gasteiger partial charge in [0.1, 0.15) is 0 Å². The third kappa shape index (κ3) is 0.629. The Morgan fingerprint density at radius 1 is 1.60 bits per heavy atom. The lowest BCUT2D eigenvalue weighted by atomic mass is 10.3. The molecule has 3 aliphatic heterocycles. The van der Waals surface area contributed by atoms with Gasteiger partial charge in [0.05, 0.1) is 18.8 Å². The van der Waals surface area contributed by atoms with Crippen molar-refractivity contribution in [1.82, 2.24) is 0 Å². The number of fused-ring (bicyclic) bond motifs is 2. The number of ether oxygens (including phenoxy) is 3. The van der Waals surface area contributed by atoms with Crippen molar-refractivity contribution in [3.63, 3.8) is 0 Å². The molecule has 1 fully saturated rings. The normalized spacial score (nSPS) is 26.6. The van der Waals surface area contributed by atoms with Gasteiger partial charge in [-0.15, -0.1) is 0 Å². The van der Waals surface area contributed by atoms with Crippen molar-refractivity contribution < 1.29 is 19.3 Å². The molecule has 0 aromatic heterocycles. The highest BCUT2D eigenvalue weighted by Crippen LogP contribution is 2.39. The van der Waals surface area contributed by atoms with E-state index in [9.17, 15) is 0 Å². The van der Waals surface area contributed by atoms with Gasteiger partial charge in [0.25, 0.3) is 5.95 Å². The molecule has 4 heteroatoms. The predicted octanol–water partition coefficient (Wildman–Crippen LogP) is -0.0590. The molecule has 10 heavy (non-hydrogen) atoms. The minimum absolute atomic E-state index is 0.0641. The second-order valence-corrected chi connectivity index (χ2v) is 2.40. The van der Waals surface area contributed by atoms with E-state index in [-0.39, 0.29) is 6.61 Å². The van der Waals surface area contributed by atoms with E-state index in [0.29, 0.717) is 18.1 Å². The summed E-state index contributed by atoms with van der Waals surface area (Å²) < 4.78 is 15.2. The highest BCUT2D eigenvalue weighted by Gasteiger charge is 2.48. The second kappa shape index (κ2) is 1.65. The number of hydrogen-bond acceptors (Lipinski definition) is 4. The Hall–Kier alpha value is -0.740. The molecule has 0 atom stereocenters. The Morgan fingerprint density at radius 3 is 2.70 bits per heavy atom. The van der Waals surface area contributed by atoms with E-state index in [4.69, 9.17) is 19.3 Å². The molecule has 0 unspecified atom stereocenters. The van der Waals surface area contributed by atoms with E-state index < -0.39 is 5.97 Å². The van der Waals surface area contributed by atoms with Gasteiger partial charge in [0.15, 0.2) is 0 Å². The molecule has 1 N–H and O–H groups in total. The molecule has 0 aromatic carbocycles. The van der Waals surface area contributed by atoms with Crippen LogP contribution in [-0.2, 0) is 14.2 Å². The maximum absolute atomic E-state index is 8.67. The summed E-state index contributed by atoms with van der Waals surface area (Å²) in [4.78, 5) is 0. The van der Waals surface area contributed by atoms with Crippen LogP contribution in [0.3, 0.4) is 0 Å². The molecule has 0 saturated carbocycles. The molecule has 0 spiro atoms. The van der Waals surface area contributed by atoms with Gasteiger partial charge in [0.2, 0.25) is 0 Å². The van der Waals surface area contributed by atoms with Crippen molar-refractivity contribution in [3.05, 3.63) is 11.5 Å². The van der Waals surface area contributed by atoms with Crippen molar-refractivity contribution in [2.24, 2.45) is 0 Å². The van der Waals surface area contributed by atoms with Crippen molar-refractivity contribution in [2.75, 3.05) is 13.2 Å². The second-order valence-electron chi connectivity index (χ2n) is 2.40. The lowest BCUT2D eigenvalue weighted by molar-refractivity contribution is -0.457. The van der Waals surface area contributed by atoms with Crippen LogP contribution in [0.4, 0.5) is 0 Å². The van der Waals surface area contributed by atoms with Crippen LogP contribution in [0.1, 0.15) is 6.92 Å². The largest absolute Gasteiger partial charge is 0.398 e. The van der Waals surface area contributed by atoms with Crippen molar-refractivity contribution >= 4 is 0 Å². The summed E-state index contributed by atoms with van der Waals surface area (Å²) in [6.07, 6.45) is 0. The quantitative estimate of drug-likeness (QED) is 0.560. The van der Waals surface area contributed by atoms with Crippen molar-refractivity contribution in [3.8, 4) is 0 Å². The SMILES string of the molecule is CC12OCC(CO)=C(O1)O2. The number of aliphatic hydroxyl groups is 1. The van der Waals surface area contributed by atoms with E-state index in [2.05, 4.69) is 0 Å². The first-order valence-corrected chi connectivity index (χ1v) is 3.08. The van der Waals surface area contributed by atoms with E-state index >= 15 is 0 Å². The zero-order valence-electron chi connectivity index (χ0n) is 5.59. The van der Waals surface area contributed by atoms with Gasteiger partial charge in [-0.3, -0.25) is 0 Å². The highest BCUT2D eigenvalue weighted by atomic mass is 17.0. The van der Waals surface area contributed by atoms with Gasteiger partial charge in [0, 0.05) is 6.92 Å². The average Bonchev–Trinajstić information content (AvgIpc) is 1.86. The molecule has 56 valence electrons. The molecule has 0 aromatic rings. The zero-order chi connectivity index (χ0) is 7.19. The molecule has 3 heterocycles. The number of aliphatic hydroxyl groups excluding tert-OH is 1. The Bertz CT molecular complexity index is 188. The van der Waals surface area contributed by atoms with E-state index in [0.717, 1.165) is 0 Å². The molecule has 3 aliphatic rings. The van der Waals surface area contributed by atoms with E-state index in [1.165, 1.54) is 0 Å². The third-order valence-electron chi connectivity index (χ3n) is 1.54. The molecule has 0 aliphatic carbocycles. The number of rotatable bonds is 1. The fraction of sp³-hybridized carbons (Fsp3) is 0.667. The molecule has 0 radical (unpaired) electrons. The van der Waals surface area contributed by atoms with E-state index in [1.807, 2.05) is 0 Å². The summed E-state index contributed by atoms with van der Waals surface area (Å²) in [7, 11) is 0. The number of hydrogen-bond donors (Lipinski definition) is 1. The summed E-state index contributed by atoms with van der Waals surface area (Å²) in [6.45, 7) is 2.03. The maximum atomic E-state index is 8.67. The molecule has 2 bridgehead atoms. The summed E-state index contributed by atoms with van der Waals surface area (Å²) in [5, 5.41) is 8.67. The summed E-state index contributed by atoms with van der Waals surface area (Å²) in [5.41, 5.74) is 0.670. The minimum Gasteiger partial charge on any atom is -0.398 e. The standard InChI is InChI=1S/C6H8O4/c1-6-8-3-4(2-7)5(9-6)10-6/h7H,2-3H2,1H3. The zero-order valence-corrected chi connectivity index (χ0v) is 5.59. The Balaban J connectivity index is 2.19. The Kier molecular flexibility index (Phi) is 0.988. The van der Waals surface area contributed by atoms with Crippen LogP contribution in [-0.4, -0.2) is 24.3 Å². The van der Waals surface area contributed by atoms with Crippen LogP contribution in [0.2, 0.25) is 0 Å². The highest BCUT2D eigenvalue weighted by molar-refractivity contribution is 5.11. The van der Waals surface area contributed by atoms with Crippen molar-refractivity contribution in [1.29, 1.82) is 0 Å². The Morgan fingerprint density at radius 2 is 2.30 bits per heavy atom. The van der Waals surface area contributed by atoms with Crippen LogP contribution in [0.5, 0.6) is 0 Å². The Labute approximate surface area is 58.0 Å². The molecule has 1 saturated heterocycles. The van der Waals surface area contributed by atoms with Crippen LogP contribution < -0.4 is 0 Å². The van der Waals surface area contributed by atoms with Gasteiger partial charge >= 0.3 is 5.97 Å². The monoisotopic (exact) mass is 144 g/mol. The lowest BCUT2D eigenvalue weighted by Crippen LogP contribution is -2.50. The first kappa shape index (κ1) is 6.00. The fourth-order valence-corrected chi connectivity index (χ4v) is 0.935. The van der Waals surface area contributed by atoms with Crippen LogP contribution in [0.25, 0.3) is 0 Å². The third-order valence-corrected chi connectivity index (χ3v) is 1.54. The van der Waals surface area contributed by atoms with Gasteiger partial charge in [-0.2, -0.15) is 0 Å². The lowest BCUT2D eigenvalue weighted by Gasteiger charge is -2.44. The van der Waals surface area contributed by atoms with Crippen molar-refractivity contribution in [2.45, 2.75) is 12.9 Å². The molecule has 3 rings (SSSR count). The van der Waals surface area contributed by atoms with Gasteiger partial charge in [-0.05, 0) is 0 Å². The fourth-order valence-electron chi connectivity index (χ4n) is 0.935. The molecule has 4 nitrogen and oxygen atoms in total. The minimum atomic E-state index is -0.867. The van der Waals surface area contributed by atoms with Gasteiger partial charge < -0.3 is 19.3 Å². The first-order valence-electron chi connectivity index (χ1n) is 3.08. The van der Waals surface area contributed by atoms with Crippen LogP contribution in [0.15, 0.2) is 11.5 Å². The first-order chi connectivity index (χ1) is 4.73. The van der Waals surface area contributed by atoms with E-state index in [1.54, 1.807) is 6.92 Å². The topological polar surface area (TPSA) is 47.9 Å². The average molecular weight is 144 g/mol. The predicted molar refractivity (Wildman–Crippen MR) is 30.6 cm³/mol. The molecule has 0 amide bonds. The van der Waals surface area contributed by atoms with Crippen LogP contribution >= 0.6 is 0 Å². The summed E-state index contributed by atoms with van der Waals surface area (Å²) in [5.74, 6) is -0.440. The van der Waals surface area contributed by atoms with Crippen LogP contribution in [0, 0.1) is 0 Å². The molecular formula is C6H8O4. The van der Waals surface area contributed by atoms with Gasteiger partial charge in [-0.25, -0.2) is 0 Å². The summed E-state index contributed by atoms with van der Waals surface area (Å²) >= 11 is 0. The maximum Gasteiger partial charge on any atom is 0.373 e. The smallest absolute Gasteiger partial charge is 0.373 e. The molecular weight excluding hydrogens is 136 g/mol. The summed E-state index contributed by atoms with van der Waals surface area (Å²) in [6, 6.07) is 0. The van der Waals surface area contributed by atoms with Gasteiger partial charge in [-0.1, -0.05) is 0 Å².